The standard InChI is InChI=1S/C14H14O2/c15-14(11-6-7-16-9-11)13-8-12(13)10-4-2-1-3-5-10/h1-7,9,12-15H,8H2. The van der Waals surface area contributed by atoms with Crippen molar-refractivity contribution in [1.82, 2.24) is 0 Å². The van der Waals surface area contributed by atoms with E-state index in [0.717, 1.165) is 12.0 Å². The molecule has 1 saturated carbocycles. The third-order valence-corrected chi connectivity index (χ3v) is 3.36. The lowest BCUT2D eigenvalue weighted by atomic mass is 10.0. The fourth-order valence-electron chi connectivity index (χ4n) is 2.34. The summed E-state index contributed by atoms with van der Waals surface area (Å²) in [5.74, 6) is 0.853. The van der Waals surface area contributed by atoms with Crippen LogP contribution >= 0.6 is 0 Å². The molecule has 1 aliphatic rings. The third kappa shape index (κ3) is 1.65. The van der Waals surface area contributed by atoms with Gasteiger partial charge in [0, 0.05) is 5.56 Å². The molecule has 1 aliphatic carbocycles. The topological polar surface area (TPSA) is 33.4 Å². The van der Waals surface area contributed by atoms with Crippen LogP contribution in [0, 0.1) is 5.92 Å². The lowest BCUT2D eigenvalue weighted by Gasteiger charge is -2.07. The van der Waals surface area contributed by atoms with Gasteiger partial charge in [-0.15, -0.1) is 0 Å². The van der Waals surface area contributed by atoms with E-state index in [-0.39, 0.29) is 6.10 Å². The molecular formula is C14H14O2. The molecule has 3 unspecified atom stereocenters. The molecule has 3 rings (SSSR count). The van der Waals surface area contributed by atoms with Crippen molar-refractivity contribution in [3.8, 4) is 0 Å². The summed E-state index contributed by atoms with van der Waals surface area (Å²) in [7, 11) is 0. The Bertz CT molecular complexity index is 447. The van der Waals surface area contributed by atoms with Gasteiger partial charge in [-0.1, -0.05) is 30.3 Å². The SMILES string of the molecule is OC(c1ccoc1)C1CC1c1ccccc1. The van der Waals surface area contributed by atoms with Gasteiger partial charge in [-0.25, -0.2) is 0 Å². The molecule has 0 aliphatic heterocycles. The van der Waals surface area contributed by atoms with E-state index < -0.39 is 0 Å². The minimum atomic E-state index is -0.385. The van der Waals surface area contributed by atoms with Gasteiger partial charge in [0.25, 0.3) is 0 Å². The fraction of sp³-hybridized carbons (Fsp3) is 0.286. The van der Waals surface area contributed by atoms with E-state index in [9.17, 15) is 5.11 Å². The molecule has 1 N–H and O–H groups in total. The molecule has 0 bridgehead atoms. The number of rotatable bonds is 3. The molecule has 1 aromatic carbocycles. The molecular weight excluding hydrogens is 200 g/mol. The maximum atomic E-state index is 10.1. The second-order valence-corrected chi connectivity index (χ2v) is 4.42. The van der Waals surface area contributed by atoms with E-state index in [0.29, 0.717) is 11.8 Å². The van der Waals surface area contributed by atoms with Gasteiger partial charge >= 0.3 is 0 Å². The molecule has 2 heteroatoms. The Morgan fingerprint density at radius 2 is 2.00 bits per heavy atom. The van der Waals surface area contributed by atoms with Crippen LogP contribution < -0.4 is 0 Å². The van der Waals surface area contributed by atoms with Crippen molar-refractivity contribution in [2.24, 2.45) is 5.92 Å². The van der Waals surface area contributed by atoms with Gasteiger partial charge in [0.1, 0.15) is 0 Å². The van der Waals surface area contributed by atoms with Crippen molar-refractivity contribution in [2.45, 2.75) is 18.4 Å². The summed E-state index contributed by atoms with van der Waals surface area (Å²) < 4.78 is 4.99. The van der Waals surface area contributed by atoms with E-state index in [4.69, 9.17) is 4.42 Å². The second kappa shape index (κ2) is 3.80. The monoisotopic (exact) mass is 214 g/mol. The number of hydrogen-bond donors (Lipinski definition) is 1. The summed E-state index contributed by atoms with van der Waals surface area (Å²) in [4.78, 5) is 0. The Hall–Kier alpha value is -1.54. The highest BCUT2D eigenvalue weighted by Gasteiger charge is 2.43. The van der Waals surface area contributed by atoms with E-state index in [1.807, 2.05) is 12.1 Å². The Kier molecular flexibility index (Phi) is 2.29. The van der Waals surface area contributed by atoms with Gasteiger partial charge in [-0.3, -0.25) is 0 Å². The molecule has 1 fully saturated rings. The Morgan fingerprint density at radius 3 is 2.69 bits per heavy atom. The fourth-order valence-corrected chi connectivity index (χ4v) is 2.34. The highest BCUT2D eigenvalue weighted by atomic mass is 16.3. The van der Waals surface area contributed by atoms with Gasteiger partial charge in [0.05, 0.1) is 18.6 Å². The maximum absolute atomic E-state index is 10.1. The van der Waals surface area contributed by atoms with Crippen LogP contribution in [0.15, 0.2) is 53.3 Å². The average Bonchev–Trinajstić information content (AvgIpc) is 2.95. The van der Waals surface area contributed by atoms with E-state index in [2.05, 4.69) is 24.3 Å². The zero-order valence-electron chi connectivity index (χ0n) is 8.91. The minimum absolute atomic E-state index is 0.347. The molecule has 0 radical (unpaired) electrons. The lowest BCUT2D eigenvalue weighted by molar-refractivity contribution is 0.150. The lowest BCUT2D eigenvalue weighted by Crippen LogP contribution is -1.99. The molecule has 0 saturated heterocycles. The van der Waals surface area contributed by atoms with Crippen molar-refractivity contribution in [1.29, 1.82) is 0 Å². The molecule has 2 aromatic rings. The Labute approximate surface area is 94.5 Å². The first-order valence-corrected chi connectivity index (χ1v) is 5.61. The van der Waals surface area contributed by atoms with E-state index in [1.165, 1.54) is 5.56 Å². The van der Waals surface area contributed by atoms with Crippen LogP contribution in [0.1, 0.15) is 29.6 Å². The van der Waals surface area contributed by atoms with Crippen LogP contribution in [-0.2, 0) is 0 Å². The number of aliphatic hydroxyl groups is 1. The van der Waals surface area contributed by atoms with Gasteiger partial charge in [-0.05, 0) is 29.9 Å². The van der Waals surface area contributed by atoms with Crippen LogP contribution in [-0.4, -0.2) is 5.11 Å². The van der Waals surface area contributed by atoms with Gasteiger partial charge in [0.15, 0.2) is 0 Å². The molecule has 0 amide bonds. The third-order valence-electron chi connectivity index (χ3n) is 3.36. The molecule has 0 spiro atoms. The largest absolute Gasteiger partial charge is 0.472 e. The summed E-state index contributed by atoms with van der Waals surface area (Å²) in [6.45, 7) is 0. The van der Waals surface area contributed by atoms with Crippen LogP contribution in [0.4, 0.5) is 0 Å². The molecule has 1 heterocycles. The summed E-state index contributed by atoms with van der Waals surface area (Å²) in [6, 6.07) is 12.2. The predicted octanol–water partition coefficient (Wildman–Crippen LogP) is 3.12. The summed E-state index contributed by atoms with van der Waals surface area (Å²) in [5.41, 5.74) is 2.22. The van der Waals surface area contributed by atoms with Crippen LogP contribution in [0.5, 0.6) is 0 Å². The first-order chi connectivity index (χ1) is 7.86. The van der Waals surface area contributed by atoms with Gasteiger partial charge in [-0.2, -0.15) is 0 Å². The number of aliphatic hydroxyl groups excluding tert-OH is 1. The van der Waals surface area contributed by atoms with Crippen molar-refractivity contribution < 1.29 is 9.52 Å². The highest BCUT2D eigenvalue weighted by molar-refractivity contribution is 5.28. The van der Waals surface area contributed by atoms with Crippen LogP contribution in [0.2, 0.25) is 0 Å². The minimum Gasteiger partial charge on any atom is -0.472 e. The van der Waals surface area contributed by atoms with Crippen LogP contribution in [0.3, 0.4) is 0 Å². The summed E-state index contributed by atoms with van der Waals surface area (Å²) in [5, 5.41) is 10.1. The number of hydrogen-bond acceptors (Lipinski definition) is 2. The summed E-state index contributed by atoms with van der Waals surface area (Å²) >= 11 is 0. The Balaban J connectivity index is 1.73. The number of benzene rings is 1. The van der Waals surface area contributed by atoms with Gasteiger partial charge < -0.3 is 9.52 Å². The van der Waals surface area contributed by atoms with E-state index in [1.54, 1.807) is 12.5 Å². The zero-order valence-corrected chi connectivity index (χ0v) is 8.91. The van der Waals surface area contributed by atoms with Gasteiger partial charge in [0.2, 0.25) is 0 Å². The van der Waals surface area contributed by atoms with Crippen LogP contribution in [0.25, 0.3) is 0 Å². The van der Waals surface area contributed by atoms with E-state index >= 15 is 0 Å². The molecule has 2 nitrogen and oxygen atoms in total. The van der Waals surface area contributed by atoms with Crippen molar-refractivity contribution in [3.05, 3.63) is 60.1 Å². The normalized spacial score (nSPS) is 25.3. The van der Waals surface area contributed by atoms with Crippen molar-refractivity contribution >= 4 is 0 Å². The van der Waals surface area contributed by atoms with Crippen molar-refractivity contribution in [2.75, 3.05) is 0 Å². The first kappa shape index (κ1) is 9.67. The molecule has 16 heavy (non-hydrogen) atoms. The zero-order chi connectivity index (χ0) is 11.0. The Morgan fingerprint density at radius 1 is 1.19 bits per heavy atom. The van der Waals surface area contributed by atoms with Crippen molar-refractivity contribution in [3.63, 3.8) is 0 Å². The maximum Gasteiger partial charge on any atom is 0.0960 e. The highest BCUT2D eigenvalue weighted by Crippen LogP contribution is 2.53. The quantitative estimate of drug-likeness (QED) is 0.851. The molecule has 1 aromatic heterocycles. The summed E-state index contributed by atoms with van der Waals surface area (Å²) in [6.07, 6.45) is 3.92. The molecule has 82 valence electrons. The average molecular weight is 214 g/mol. The smallest absolute Gasteiger partial charge is 0.0960 e. The second-order valence-electron chi connectivity index (χ2n) is 4.42. The molecule has 3 atom stereocenters. The number of furan rings is 1. The first-order valence-electron chi connectivity index (χ1n) is 5.61. The predicted molar refractivity (Wildman–Crippen MR) is 61.0 cm³/mol.